The van der Waals surface area contributed by atoms with Crippen molar-refractivity contribution in [3.8, 4) is 0 Å². The second-order valence-corrected chi connectivity index (χ2v) is 8.06. The maximum absolute atomic E-state index is 12.9. The fourth-order valence-electron chi connectivity index (χ4n) is 2.41. The number of hydrogen-bond acceptors (Lipinski definition) is 4. The summed E-state index contributed by atoms with van der Waals surface area (Å²) in [7, 11) is -3.54. The van der Waals surface area contributed by atoms with E-state index in [4.69, 9.17) is 10.5 Å². The van der Waals surface area contributed by atoms with E-state index in [2.05, 4.69) is 15.9 Å². The van der Waals surface area contributed by atoms with Gasteiger partial charge in [0.25, 0.3) is 0 Å². The number of halogens is 1. The summed E-state index contributed by atoms with van der Waals surface area (Å²) < 4.78 is 33.7. The van der Waals surface area contributed by atoms with E-state index in [1.165, 1.54) is 4.31 Å². The molecule has 0 bridgehead atoms. The first-order chi connectivity index (χ1) is 9.86. The zero-order chi connectivity index (χ0) is 15.6. The summed E-state index contributed by atoms with van der Waals surface area (Å²) in [5.41, 5.74) is 7.17. The normalized spacial score (nSPS) is 21.2. The molecule has 1 aromatic rings. The molecule has 1 atom stereocenters. The van der Waals surface area contributed by atoms with Crippen molar-refractivity contribution in [1.82, 2.24) is 4.31 Å². The number of nitrogens with zero attached hydrogens (tertiary/aromatic N) is 1. The highest BCUT2D eigenvalue weighted by molar-refractivity contribution is 9.10. The van der Waals surface area contributed by atoms with Gasteiger partial charge in [-0.3, -0.25) is 0 Å². The molecule has 1 heterocycles. The van der Waals surface area contributed by atoms with Gasteiger partial charge in [0.15, 0.2) is 0 Å². The largest absolute Gasteiger partial charge is 0.377 e. The van der Waals surface area contributed by atoms with Crippen LogP contribution in [-0.4, -0.2) is 38.5 Å². The molecule has 1 aromatic carbocycles. The van der Waals surface area contributed by atoms with E-state index in [-0.39, 0.29) is 6.10 Å². The Kier molecular flexibility index (Phi) is 5.43. The molecule has 118 valence electrons. The maximum atomic E-state index is 12.9. The van der Waals surface area contributed by atoms with E-state index in [1.807, 2.05) is 13.0 Å². The van der Waals surface area contributed by atoms with Crippen LogP contribution in [0.25, 0.3) is 0 Å². The van der Waals surface area contributed by atoms with E-state index in [1.54, 1.807) is 13.0 Å². The Morgan fingerprint density at radius 2 is 2.19 bits per heavy atom. The minimum Gasteiger partial charge on any atom is -0.377 e. The van der Waals surface area contributed by atoms with Gasteiger partial charge in [-0.15, -0.1) is 0 Å². The molecule has 2 rings (SSSR count). The molecular weight excluding hydrogens is 356 g/mol. The van der Waals surface area contributed by atoms with E-state index in [0.29, 0.717) is 43.1 Å². The van der Waals surface area contributed by atoms with Crippen molar-refractivity contribution in [3.05, 3.63) is 27.7 Å². The highest BCUT2D eigenvalue weighted by Gasteiger charge is 2.29. The third-order valence-corrected chi connectivity index (χ3v) is 6.44. The van der Waals surface area contributed by atoms with Gasteiger partial charge in [0.1, 0.15) is 0 Å². The van der Waals surface area contributed by atoms with Crippen LogP contribution in [-0.2, 0) is 21.3 Å². The van der Waals surface area contributed by atoms with Crippen LogP contribution in [0.3, 0.4) is 0 Å². The molecule has 1 unspecified atom stereocenters. The second kappa shape index (κ2) is 6.75. The first-order valence-electron chi connectivity index (χ1n) is 6.97. The van der Waals surface area contributed by atoms with Crippen molar-refractivity contribution in [2.75, 3.05) is 19.7 Å². The summed E-state index contributed by atoms with van der Waals surface area (Å²) in [5.74, 6) is 0. The zero-order valence-corrected chi connectivity index (χ0v) is 14.7. The van der Waals surface area contributed by atoms with Gasteiger partial charge < -0.3 is 10.5 Å². The van der Waals surface area contributed by atoms with Gasteiger partial charge in [0.05, 0.1) is 11.0 Å². The summed E-state index contributed by atoms with van der Waals surface area (Å²) in [6, 6.07) is 3.54. The van der Waals surface area contributed by atoms with Gasteiger partial charge in [-0.25, -0.2) is 8.42 Å². The van der Waals surface area contributed by atoms with Gasteiger partial charge in [0.2, 0.25) is 10.0 Å². The number of benzene rings is 1. The topological polar surface area (TPSA) is 72.6 Å². The third-order valence-electron chi connectivity index (χ3n) is 3.62. The predicted molar refractivity (Wildman–Crippen MR) is 85.6 cm³/mol. The molecule has 2 N–H and O–H groups in total. The molecule has 0 aromatic heterocycles. The Morgan fingerprint density at radius 1 is 1.48 bits per heavy atom. The average Bonchev–Trinajstić information content (AvgIpc) is 2.66. The number of sulfonamides is 1. The van der Waals surface area contributed by atoms with Crippen molar-refractivity contribution < 1.29 is 13.2 Å². The predicted octanol–water partition coefficient (Wildman–Crippen LogP) is 2.02. The van der Waals surface area contributed by atoms with Gasteiger partial charge in [-0.05, 0) is 43.5 Å². The highest BCUT2D eigenvalue weighted by atomic mass is 79.9. The lowest BCUT2D eigenvalue weighted by Gasteiger charge is -2.23. The van der Waals surface area contributed by atoms with Crippen LogP contribution < -0.4 is 5.73 Å². The monoisotopic (exact) mass is 376 g/mol. The van der Waals surface area contributed by atoms with Crippen LogP contribution in [0.2, 0.25) is 0 Å². The Labute approximate surface area is 134 Å². The second-order valence-electron chi connectivity index (χ2n) is 5.30. The molecule has 21 heavy (non-hydrogen) atoms. The molecular formula is C14H21BrN2O3S. The highest BCUT2D eigenvalue weighted by Crippen LogP contribution is 2.28. The molecule has 1 aliphatic heterocycles. The summed E-state index contributed by atoms with van der Waals surface area (Å²) >= 11 is 3.42. The molecule has 1 saturated heterocycles. The lowest BCUT2D eigenvalue weighted by atomic mass is 10.1. The van der Waals surface area contributed by atoms with E-state index < -0.39 is 10.0 Å². The summed E-state index contributed by atoms with van der Waals surface area (Å²) in [6.07, 6.45) is 0.615. The Bertz CT molecular complexity index is 619. The van der Waals surface area contributed by atoms with Crippen LogP contribution in [0.4, 0.5) is 0 Å². The molecule has 0 saturated carbocycles. The zero-order valence-electron chi connectivity index (χ0n) is 12.3. The first-order valence-corrected chi connectivity index (χ1v) is 9.20. The molecule has 0 radical (unpaired) electrons. The molecule has 0 amide bonds. The van der Waals surface area contributed by atoms with Crippen molar-refractivity contribution >= 4 is 26.0 Å². The fourth-order valence-corrected chi connectivity index (χ4v) is 4.90. The minimum atomic E-state index is -3.54. The van der Waals surface area contributed by atoms with Gasteiger partial charge in [-0.2, -0.15) is 4.31 Å². The van der Waals surface area contributed by atoms with Gasteiger partial charge in [-0.1, -0.05) is 15.9 Å². The van der Waals surface area contributed by atoms with Crippen LogP contribution >= 0.6 is 15.9 Å². The quantitative estimate of drug-likeness (QED) is 0.875. The van der Waals surface area contributed by atoms with E-state index in [0.717, 1.165) is 10.0 Å². The molecule has 5 nitrogen and oxygen atoms in total. The van der Waals surface area contributed by atoms with Gasteiger partial charge >= 0.3 is 0 Å². The first kappa shape index (κ1) is 16.9. The Morgan fingerprint density at radius 3 is 2.86 bits per heavy atom. The van der Waals surface area contributed by atoms with Crippen molar-refractivity contribution in [3.63, 3.8) is 0 Å². The average molecular weight is 377 g/mol. The summed E-state index contributed by atoms with van der Waals surface area (Å²) in [4.78, 5) is 0.325. The van der Waals surface area contributed by atoms with Crippen molar-refractivity contribution in [2.45, 2.75) is 37.8 Å². The van der Waals surface area contributed by atoms with Crippen LogP contribution in [0.1, 0.15) is 24.5 Å². The number of rotatable bonds is 3. The number of hydrogen-bond donors (Lipinski definition) is 1. The SMILES string of the molecule is Cc1c(Br)cc(CN)cc1S(=O)(=O)N1CCCOC(C)C1. The van der Waals surface area contributed by atoms with Gasteiger partial charge in [0, 0.05) is 30.7 Å². The van der Waals surface area contributed by atoms with Crippen LogP contribution in [0.15, 0.2) is 21.5 Å². The van der Waals surface area contributed by atoms with Crippen LogP contribution in [0, 0.1) is 6.92 Å². The van der Waals surface area contributed by atoms with Crippen LogP contribution in [0.5, 0.6) is 0 Å². The lowest BCUT2D eigenvalue weighted by Crippen LogP contribution is -2.36. The smallest absolute Gasteiger partial charge is 0.243 e. The standard InChI is InChI=1S/C14H21BrN2O3S/c1-10-9-17(4-3-5-20-10)21(18,19)14-7-12(8-16)6-13(15)11(14)2/h6-7,10H,3-5,8-9,16H2,1-2H3. The summed E-state index contributed by atoms with van der Waals surface area (Å²) in [6.45, 7) is 5.46. The maximum Gasteiger partial charge on any atom is 0.243 e. The Balaban J connectivity index is 2.45. The molecule has 7 heteroatoms. The van der Waals surface area contributed by atoms with Crippen molar-refractivity contribution in [1.29, 1.82) is 0 Å². The molecule has 1 fully saturated rings. The fraction of sp³-hybridized carbons (Fsp3) is 0.571. The lowest BCUT2D eigenvalue weighted by molar-refractivity contribution is 0.0752. The molecule has 0 spiro atoms. The summed E-state index contributed by atoms with van der Waals surface area (Å²) in [5, 5.41) is 0. The number of nitrogens with two attached hydrogens (primary N) is 1. The van der Waals surface area contributed by atoms with Crippen molar-refractivity contribution in [2.24, 2.45) is 5.73 Å². The Hall–Kier alpha value is -0.470. The molecule has 1 aliphatic rings. The van der Waals surface area contributed by atoms with E-state index >= 15 is 0 Å². The molecule has 0 aliphatic carbocycles. The van der Waals surface area contributed by atoms with E-state index in [9.17, 15) is 8.42 Å². The minimum absolute atomic E-state index is 0.0938. The third kappa shape index (κ3) is 3.65. The number of ether oxygens (including phenoxy) is 1.